The molecule has 0 unspecified atom stereocenters. The predicted molar refractivity (Wildman–Crippen MR) is 152 cm³/mol. The van der Waals surface area contributed by atoms with Gasteiger partial charge < -0.3 is 20.2 Å². The smallest absolute Gasteiger partial charge is 0.327 e. The number of piperidine rings is 1. The number of amides is 4. The number of urea groups is 1. The number of hydrogen-bond acceptors (Lipinski definition) is 6. The molecule has 4 amide bonds. The Kier molecular flexibility index (Phi) is 7.40. The molecule has 41 heavy (non-hydrogen) atoms. The lowest BCUT2D eigenvalue weighted by molar-refractivity contribution is -0.167. The Hall–Kier alpha value is -4.31. The summed E-state index contributed by atoms with van der Waals surface area (Å²) in [7, 11) is 0. The third-order valence-electron chi connectivity index (χ3n) is 8.57. The zero-order valence-electron chi connectivity index (χ0n) is 22.7. The first-order chi connectivity index (χ1) is 19.9. The summed E-state index contributed by atoms with van der Waals surface area (Å²) in [5.74, 6) is -2.09. The van der Waals surface area contributed by atoms with E-state index in [0.29, 0.717) is 17.7 Å². The number of pyridine rings is 1. The van der Waals surface area contributed by atoms with E-state index in [2.05, 4.69) is 5.32 Å². The normalized spacial score (nSPS) is 21.6. The molecule has 1 aromatic heterocycles. The van der Waals surface area contributed by atoms with E-state index >= 15 is 0 Å². The van der Waals surface area contributed by atoms with Crippen molar-refractivity contribution in [1.82, 2.24) is 25.0 Å². The van der Waals surface area contributed by atoms with Crippen molar-refractivity contribution in [3.63, 3.8) is 0 Å². The first-order valence-electron chi connectivity index (χ1n) is 14.2. The van der Waals surface area contributed by atoms with E-state index in [-0.39, 0.29) is 38.0 Å². The van der Waals surface area contributed by atoms with Crippen molar-refractivity contribution in [3.05, 3.63) is 66.2 Å². The van der Waals surface area contributed by atoms with Gasteiger partial charge in [-0.25, -0.2) is 19.5 Å². The van der Waals surface area contributed by atoms with Gasteiger partial charge in [0.2, 0.25) is 5.91 Å². The van der Waals surface area contributed by atoms with Gasteiger partial charge in [0, 0.05) is 37.1 Å². The molecule has 0 spiro atoms. The molecule has 0 radical (unpaired) electrons. The van der Waals surface area contributed by atoms with Crippen LogP contribution in [0.15, 0.2) is 60.7 Å². The number of carbonyl (C=O) groups excluding carboxylic acids is 3. The van der Waals surface area contributed by atoms with Crippen LogP contribution in [0.2, 0.25) is 0 Å². The van der Waals surface area contributed by atoms with Crippen LogP contribution in [0, 0.1) is 11.8 Å². The average molecular weight is 556 g/mol. The van der Waals surface area contributed by atoms with E-state index in [0.717, 1.165) is 47.3 Å². The van der Waals surface area contributed by atoms with Crippen molar-refractivity contribution in [2.24, 2.45) is 11.8 Å². The maximum absolute atomic E-state index is 13.7. The van der Waals surface area contributed by atoms with Gasteiger partial charge in [0.25, 0.3) is 5.91 Å². The molecule has 0 bridgehead atoms. The molecule has 212 valence electrons. The number of carboxylic acids is 1. The molecule has 2 N–H and O–H groups in total. The number of carbonyl (C=O) groups is 4. The van der Waals surface area contributed by atoms with Crippen molar-refractivity contribution >= 4 is 34.7 Å². The van der Waals surface area contributed by atoms with E-state index in [4.69, 9.17) is 4.98 Å². The third-order valence-corrected chi connectivity index (χ3v) is 8.57. The second kappa shape index (κ2) is 11.3. The van der Waals surface area contributed by atoms with Gasteiger partial charge in [-0.05, 0) is 50.4 Å². The molecular weight excluding hydrogens is 522 g/mol. The molecule has 6 rings (SSSR count). The number of β-lactam (4-membered cyclic amide) rings is 1. The minimum absolute atomic E-state index is 0.154. The Labute approximate surface area is 237 Å². The second-order valence-electron chi connectivity index (χ2n) is 11.0. The summed E-state index contributed by atoms with van der Waals surface area (Å²) in [6, 6.07) is 17.3. The van der Waals surface area contributed by atoms with Crippen LogP contribution in [0.3, 0.4) is 0 Å². The molecule has 3 aliphatic rings. The fraction of sp³-hybridized carbons (Fsp3) is 0.387. The number of para-hydroxylation sites is 1. The van der Waals surface area contributed by atoms with Crippen molar-refractivity contribution in [1.29, 1.82) is 0 Å². The SMILES string of the molecule is O=C(O)[C@@H]1[C@@H](CC2CCNCC2)C(=O)N1C(=O)N1CCN(C(=O)c2cc(-c3ccccc3)nc3ccccc23)CC1. The molecule has 0 saturated carbocycles. The summed E-state index contributed by atoms with van der Waals surface area (Å²) in [6.07, 6.45) is 2.30. The highest BCUT2D eigenvalue weighted by molar-refractivity contribution is 6.08. The lowest BCUT2D eigenvalue weighted by Gasteiger charge is -2.47. The Morgan fingerprint density at radius 3 is 2.27 bits per heavy atom. The zero-order chi connectivity index (χ0) is 28.5. The monoisotopic (exact) mass is 555 g/mol. The fourth-order valence-electron chi connectivity index (χ4n) is 6.28. The van der Waals surface area contributed by atoms with Gasteiger partial charge in [-0.15, -0.1) is 0 Å². The highest BCUT2D eigenvalue weighted by atomic mass is 16.4. The lowest BCUT2D eigenvalue weighted by Crippen LogP contribution is -2.69. The number of piperazine rings is 1. The Morgan fingerprint density at radius 2 is 1.56 bits per heavy atom. The largest absolute Gasteiger partial charge is 0.480 e. The molecule has 0 aliphatic carbocycles. The first-order valence-corrected chi connectivity index (χ1v) is 14.2. The van der Waals surface area contributed by atoms with Gasteiger partial charge in [0.15, 0.2) is 6.04 Å². The summed E-state index contributed by atoms with van der Waals surface area (Å²) in [5, 5.41) is 13.9. The van der Waals surface area contributed by atoms with Crippen LogP contribution >= 0.6 is 0 Å². The summed E-state index contributed by atoms with van der Waals surface area (Å²) in [4.78, 5) is 61.0. The number of rotatable bonds is 5. The Morgan fingerprint density at radius 1 is 0.902 bits per heavy atom. The van der Waals surface area contributed by atoms with Gasteiger partial charge in [0.05, 0.1) is 22.7 Å². The number of benzene rings is 2. The fourth-order valence-corrected chi connectivity index (χ4v) is 6.28. The number of hydrogen-bond donors (Lipinski definition) is 2. The van der Waals surface area contributed by atoms with Crippen LogP contribution in [0.5, 0.6) is 0 Å². The molecule has 4 heterocycles. The lowest BCUT2D eigenvalue weighted by atomic mass is 9.78. The third kappa shape index (κ3) is 5.15. The van der Waals surface area contributed by atoms with E-state index in [1.165, 1.54) is 4.90 Å². The van der Waals surface area contributed by atoms with Gasteiger partial charge in [0.1, 0.15) is 0 Å². The predicted octanol–water partition coefficient (Wildman–Crippen LogP) is 3.08. The van der Waals surface area contributed by atoms with Crippen molar-refractivity contribution in [2.75, 3.05) is 39.3 Å². The van der Waals surface area contributed by atoms with Gasteiger partial charge in [-0.3, -0.25) is 9.59 Å². The summed E-state index contributed by atoms with van der Waals surface area (Å²) in [5.41, 5.74) is 2.88. The first kappa shape index (κ1) is 26.9. The van der Waals surface area contributed by atoms with Crippen LogP contribution in [0.1, 0.15) is 29.6 Å². The summed E-state index contributed by atoms with van der Waals surface area (Å²) < 4.78 is 0. The maximum atomic E-state index is 13.7. The van der Waals surface area contributed by atoms with Crippen LogP contribution in [0.25, 0.3) is 22.2 Å². The zero-order valence-corrected chi connectivity index (χ0v) is 22.7. The summed E-state index contributed by atoms with van der Waals surface area (Å²) in [6.45, 7) is 2.71. The van der Waals surface area contributed by atoms with Crippen LogP contribution in [-0.4, -0.2) is 93.9 Å². The molecule has 10 nitrogen and oxygen atoms in total. The molecule has 3 aromatic rings. The minimum Gasteiger partial charge on any atom is -0.480 e. The average Bonchev–Trinajstić information content (AvgIpc) is 3.02. The van der Waals surface area contributed by atoms with E-state index in [1.54, 1.807) is 4.90 Å². The van der Waals surface area contributed by atoms with E-state index in [1.807, 2.05) is 60.7 Å². The number of fused-ring (bicyclic) bond motifs is 1. The number of imide groups is 1. The van der Waals surface area contributed by atoms with Crippen LogP contribution < -0.4 is 5.32 Å². The van der Waals surface area contributed by atoms with Crippen molar-refractivity contribution in [3.8, 4) is 11.3 Å². The topological polar surface area (TPSA) is 123 Å². The summed E-state index contributed by atoms with van der Waals surface area (Å²) >= 11 is 0. The molecular formula is C31H33N5O5. The molecule has 3 aliphatic heterocycles. The number of nitrogens with zero attached hydrogens (tertiary/aromatic N) is 4. The maximum Gasteiger partial charge on any atom is 0.327 e. The van der Waals surface area contributed by atoms with Crippen LogP contribution in [0.4, 0.5) is 4.79 Å². The Bertz CT molecular complexity index is 1480. The Balaban J connectivity index is 1.14. The quantitative estimate of drug-likeness (QED) is 0.464. The number of aromatic nitrogens is 1. The second-order valence-corrected chi connectivity index (χ2v) is 11.0. The van der Waals surface area contributed by atoms with Gasteiger partial charge >= 0.3 is 12.0 Å². The number of aliphatic carboxylic acids is 1. The highest BCUT2D eigenvalue weighted by Crippen LogP contribution is 2.36. The number of carboxylic acid groups (broad SMARTS) is 1. The molecule has 3 fully saturated rings. The molecule has 2 aromatic carbocycles. The molecule has 3 saturated heterocycles. The molecule has 2 atom stereocenters. The van der Waals surface area contributed by atoms with Crippen molar-refractivity contribution in [2.45, 2.75) is 25.3 Å². The van der Waals surface area contributed by atoms with Crippen LogP contribution in [-0.2, 0) is 9.59 Å². The van der Waals surface area contributed by atoms with E-state index < -0.39 is 29.9 Å². The number of likely N-dealkylation sites (tertiary alicyclic amines) is 1. The molecule has 10 heteroatoms. The highest BCUT2D eigenvalue weighted by Gasteiger charge is 2.56. The van der Waals surface area contributed by atoms with Gasteiger partial charge in [-0.1, -0.05) is 48.5 Å². The number of nitrogens with one attached hydrogen (secondary N) is 1. The standard InChI is InChI=1S/C31H33N5O5/c37-28(23-19-26(21-6-2-1-3-7-21)33-25-9-5-4-8-22(23)25)34-14-16-35(17-15-34)31(41)36-27(30(39)40)24(29(36)38)18-20-10-12-32-13-11-20/h1-9,19-20,24,27,32H,10-18H2,(H,39,40)/t24-,27+/m1/s1. The van der Waals surface area contributed by atoms with Crippen molar-refractivity contribution < 1.29 is 24.3 Å². The van der Waals surface area contributed by atoms with E-state index in [9.17, 15) is 24.3 Å². The van der Waals surface area contributed by atoms with Gasteiger partial charge in [-0.2, -0.15) is 0 Å². The minimum atomic E-state index is -1.15.